The van der Waals surface area contributed by atoms with Gasteiger partial charge in [0, 0.05) is 30.5 Å². The molecule has 1 fully saturated rings. The zero-order chi connectivity index (χ0) is 32.0. The van der Waals surface area contributed by atoms with Gasteiger partial charge in [0.2, 0.25) is 5.95 Å². The average Bonchev–Trinajstić information content (AvgIpc) is 3.53. The Balaban J connectivity index is 1.11. The van der Waals surface area contributed by atoms with Gasteiger partial charge in [0.1, 0.15) is 12.4 Å². The monoisotopic (exact) mass is 644 g/mol. The Labute approximate surface area is 265 Å². The smallest absolute Gasteiger partial charge is 0.416 e. The first-order valence-electron chi connectivity index (χ1n) is 14.9. The predicted octanol–water partition coefficient (Wildman–Crippen LogP) is 5.09. The molecule has 0 radical (unpaired) electrons. The van der Waals surface area contributed by atoms with E-state index in [-0.39, 0.29) is 23.6 Å². The number of allylic oxidation sites excluding steroid dienone is 1. The topological polar surface area (TPSA) is 108 Å². The Morgan fingerprint density at radius 1 is 1.07 bits per heavy atom. The second kappa shape index (κ2) is 14.0. The summed E-state index contributed by atoms with van der Waals surface area (Å²) in [5.41, 5.74) is -1.80. The van der Waals surface area contributed by atoms with E-state index >= 15 is 0 Å². The highest BCUT2D eigenvalue weighted by molar-refractivity contribution is 6.23. The molecule has 13 heteroatoms. The number of amides is 2. The lowest BCUT2D eigenvalue weighted by molar-refractivity contribution is -0.137. The second-order valence-electron chi connectivity index (χ2n) is 11.7. The maximum Gasteiger partial charge on any atom is 0.416 e. The third-order valence-electron chi connectivity index (χ3n) is 8.10. The molecule has 4 atom stereocenters. The number of aromatic nitrogens is 2. The highest BCUT2D eigenvalue weighted by Crippen LogP contribution is 2.31. The maximum absolute atomic E-state index is 13.1. The molecule has 1 saturated heterocycles. The number of anilines is 1. The van der Waals surface area contributed by atoms with Crippen molar-refractivity contribution >= 4 is 29.4 Å². The number of alkyl halides is 4. The van der Waals surface area contributed by atoms with E-state index in [0.717, 1.165) is 37.5 Å². The lowest BCUT2D eigenvalue weighted by Crippen LogP contribution is -2.57. The van der Waals surface area contributed by atoms with Crippen molar-refractivity contribution in [1.29, 1.82) is 0 Å². The third-order valence-corrected chi connectivity index (χ3v) is 8.73. The van der Waals surface area contributed by atoms with Crippen LogP contribution in [-0.4, -0.2) is 75.9 Å². The van der Waals surface area contributed by atoms with Gasteiger partial charge < -0.3 is 20.7 Å². The molecule has 45 heavy (non-hydrogen) atoms. The van der Waals surface area contributed by atoms with Crippen LogP contribution in [0, 0.1) is 0 Å². The number of hydrogen-bond donors (Lipinski definition) is 3. The molecule has 1 aliphatic heterocycles. The first kappa shape index (κ1) is 32.5. The molecule has 2 heterocycles. The Hall–Kier alpha value is -3.90. The third kappa shape index (κ3) is 8.64. The van der Waals surface area contributed by atoms with Crippen molar-refractivity contribution in [3.63, 3.8) is 0 Å². The van der Waals surface area contributed by atoms with Crippen LogP contribution in [0.25, 0.3) is 0 Å². The molecule has 2 aliphatic carbocycles. The lowest BCUT2D eigenvalue weighted by Gasteiger charge is -2.39. The van der Waals surface area contributed by atoms with Crippen molar-refractivity contribution in [2.24, 2.45) is 0 Å². The summed E-state index contributed by atoms with van der Waals surface area (Å²) in [6, 6.07) is 3.59. The molecular weight excluding hydrogens is 609 g/mol. The number of carbonyl (C=O) groups is 2. The van der Waals surface area contributed by atoms with E-state index in [1.165, 1.54) is 37.4 Å². The molecule has 2 amide bonds. The Kier molecular flexibility index (Phi) is 10.1. The summed E-state index contributed by atoms with van der Waals surface area (Å²) < 4.78 is 45.1. The van der Waals surface area contributed by atoms with E-state index in [1.807, 2.05) is 18.2 Å². The molecule has 1 aromatic carbocycles. The fourth-order valence-corrected chi connectivity index (χ4v) is 5.75. The van der Waals surface area contributed by atoms with Crippen LogP contribution >= 0.6 is 11.6 Å². The van der Waals surface area contributed by atoms with Crippen LogP contribution in [0.3, 0.4) is 0 Å². The van der Waals surface area contributed by atoms with Gasteiger partial charge in [-0.2, -0.15) is 13.2 Å². The molecule has 0 saturated carbocycles. The van der Waals surface area contributed by atoms with Crippen molar-refractivity contribution in [3.8, 4) is 0 Å². The summed E-state index contributed by atoms with van der Waals surface area (Å²) in [6.07, 6.45) is 11.0. The van der Waals surface area contributed by atoms with Crippen molar-refractivity contribution in [1.82, 2.24) is 25.5 Å². The summed E-state index contributed by atoms with van der Waals surface area (Å²) in [5.74, 6) is 0.0939. The van der Waals surface area contributed by atoms with E-state index in [2.05, 4.69) is 30.8 Å². The van der Waals surface area contributed by atoms with Gasteiger partial charge in [-0.1, -0.05) is 24.3 Å². The number of nitrogens with one attached hydrogen (secondary N) is 3. The molecule has 3 aliphatic rings. The van der Waals surface area contributed by atoms with Crippen LogP contribution in [0.15, 0.2) is 72.8 Å². The highest BCUT2D eigenvalue weighted by Gasteiger charge is 2.39. The first-order valence-corrected chi connectivity index (χ1v) is 15.4. The summed E-state index contributed by atoms with van der Waals surface area (Å²) >= 11 is 6.54. The number of likely N-dealkylation sites (tertiary alicyclic amines) is 1. The zero-order valence-corrected chi connectivity index (χ0v) is 25.6. The van der Waals surface area contributed by atoms with E-state index in [0.29, 0.717) is 19.0 Å². The van der Waals surface area contributed by atoms with E-state index in [9.17, 15) is 22.8 Å². The van der Waals surface area contributed by atoms with Crippen LogP contribution in [0.4, 0.5) is 19.1 Å². The van der Waals surface area contributed by atoms with Gasteiger partial charge in [-0.3, -0.25) is 14.5 Å². The number of benzene rings is 1. The van der Waals surface area contributed by atoms with Crippen molar-refractivity contribution < 1.29 is 27.5 Å². The molecule has 0 bridgehead atoms. The van der Waals surface area contributed by atoms with Crippen LogP contribution < -0.4 is 16.0 Å². The minimum atomic E-state index is -4.57. The first-order chi connectivity index (χ1) is 21.5. The minimum absolute atomic E-state index is 0.0244. The molecule has 5 rings (SSSR count). The van der Waals surface area contributed by atoms with Crippen LogP contribution in [0.5, 0.6) is 0 Å². The number of ether oxygens (including phenoxy) is 1. The SMILES string of the molecule is CC1(NC(=O)c2cnc(NC3C=CC(OCCN4CCCC4)=CC3)nc2)CC(NC(=O)c2cccc(C(F)(F)F)c2)C=CC1Cl. The van der Waals surface area contributed by atoms with Gasteiger partial charge in [0.25, 0.3) is 11.8 Å². The van der Waals surface area contributed by atoms with Gasteiger partial charge in [-0.25, -0.2) is 9.97 Å². The normalized spacial score (nSPS) is 25.0. The Morgan fingerprint density at radius 3 is 2.51 bits per heavy atom. The fraction of sp³-hybridized carbons (Fsp3) is 0.438. The van der Waals surface area contributed by atoms with Crippen LogP contribution in [-0.2, 0) is 10.9 Å². The van der Waals surface area contributed by atoms with Crippen molar-refractivity contribution in [3.05, 3.63) is 89.5 Å². The summed E-state index contributed by atoms with van der Waals surface area (Å²) in [7, 11) is 0. The average molecular weight is 645 g/mol. The van der Waals surface area contributed by atoms with Gasteiger partial charge in [-0.05, 0) is 76.0 Å². The molecule has 3 N–H and O–H groups in total. The standard InChI is InChI=1S/C32H36ClF3N6O3/c1-31(18-25(9-12-27(31)33)39-28(43)21-5-4-6-23(17-21)32(34,35)36)41-29(44)22-19-37-30(38-20-22)40-24-7-10-26(11-8-24)45-16-15-42-13-2-3-14-42/h4-7,9-12,17,19-20,24-25,27H,2-3,8,13-16,18H2,1H3,(H,39,43)(H,41,44)(H,37,38,40). The fourth-order valence-electron chi connectivity index (χ4n) is 5.52. The summed E-state index contributed by atoms with van der Waals surface area (Å²) in [4.78, 5) is 36.9. The molecule has 2 aromatic rings. The molecule has 0 spiro atoms. The van der Waals surface area contributed by atoms with Gasteiger partial charge >= 0.3 is 6.18 Å². The second-order valence-corrected chi connectivity index (χ2v) is 12.1. The highest BCUT2D eigenvalue weighted by atomic mass is 35.5. The van der Waals surface area contributed by atoms with Gasteiger partial charge in [0.05, 0.1) is 28.1 Å². The Morgan fingerprint density at radius 2 is 1.82 bits per heavy atom. The Bertz CT molecular complexity index is 1460. The number of nitrogens with zero attached hydrogens (tertiary/aromatic N) is 3. The number of rotatable bonds is 10. The molecule has 4 unspecified atom stereocenters. The number of halogens is 4. The molecule has 9 nitrogen and oxygen atoms in total. The quantitative estimate of drug-likeness (QED) is 0.244. The van der Waals surface area contributed by atoms with E-state index < -0.39 is 40.5 Å². The van der Waals surface area contributed by atoms with E-state index in [1.54, 1.807) is 19.1 Å². The van der Waals surface area contributed by atoms with E-state index in [4.69, 9.17) is 16.3 Å². The molecule has 1 aromatic heterocycles. The zero-order valence-electron chi connectivity index (χ0n) is 24.8. The molecular formula is C32H36ClF3N6O3. The van der Waals surface area contributed by atoms with Crippen molar-refractivity contribution in [2.75, 3.05) is 31.6 Å². The number of carbonyl (C=O) groups excluding carboxylic acids is 2. The minimum Gasteiger partial charge on any atom is -0.493 e. The summed E-state index contributed by atoms with van der Waals surface area (Å²) in [5, 5.41) is 8.26. The maximum atomic E-state index is 13.1. The van der Waals surface area contributed by atoms with Crippen LogP contribution in [0.1, 0.15) is 58.9 Å². The van der Waals surface area contributed by atoms with Crippen LogP contribution in [0.2, 0.25) is 0 Å². The van der Waals surface area contributed by atoms with Crippen molar-refractivity contribution in [2.45, 2.75) is 61.8 Å². The molecule has 240 valence electrons. The lowest BCUT2D eigenvalue weighted by atomic mass is 9.84. The predicted molar refractivity (Wildman–Crippen MR) is 165 cm³/mol. The van der Waals surface area contributed by atoms with Gasteiger partial charge in [0.15, 0.2) is 0 Å². The van der Waals surface area contributed by atoms with Gasteiger partial charge in [-0.15, -0.1) is 11.6 Å². The summed E-state index contributed by atoms with van der Waals surface area (Å²) in [6.45, 7) is 5.62. The largest absolute Gasteiger partial charge is 0.493 e. The number of hydrogen-bond acceptors (Lipinski definition) is 7.